The van der Waals surface area contributed by atoms with Gasteiger partial charge >= 0.3 is 0 Å². The molecule has 1 aliphatic rings. The second-order valence-electron chi connectivity index (χ2n) is 5.73. The Kier molecular flexibility index (Phi) is 6.31. The van der Waals surface area contributed by atoms with Crippen LogP contribution in [0.4, 0.5) is 5.69 Å². The van der Waals surface area contributed by atoms with Crippen molar-refractivity contribution in [1.29, 1.82) is 0 Å². The van der Waals surface area contributed by atoms with E-state index in [0.29, 0.717) is 25.4 Å². The Hall–Kier alpha value is -2.41. The fraction of sp³-hybridized carbons (Fsp3) is 0.471. The molecule has 1 aromatic carbocycles. The van der Waals surface area contributed by atoms with Gasteiger partial charge in [-0.25, -0.2) is 0 Å². The van der Waals surface area contributed by atoms with Crippen molar-refractivity contribution >= 4 is 23.2 Å². The summed E-state index contributed by atoms with van der Waals surface area (Å²) in [6, 6.07) is 7.24. The summed E-state index contributed by atoms with van der Waals surface area (Å²) in [7, 11) is 0. The van der Waals surface area contributed by atoms with Crippen LogP contribution in [-0.2, 0) is 19.2 Å². The van der Waals surface area contributed by atoms with Crippen molar-refractivity contribution in [2.24, 2.45) is 5.16 Å². The van der Waals surface area contributed by atoms with Crippen LogP contribution in [0.25, 0.3) is 0 Å². The Labute approximate surface area is 141 Å². The number of carbonyl (C=O) groups excluding carboxylic acids is 2. The summed E-state index contributed by atoms with van der Waals surface area (Å²) in [6.07, 6.45) is 0.0510. The molecule has 24 heavy (non-hydrogen) atoms. The van der Waals surface area contributed by atoms with E-state index < -0.39 is 0 Å². The fourth-order valence-electron chi connectivity index (χ4n) is 2.37. The van der Waals surface area contributed by atoms with Crippen LogP contribution in [0.1, 0.15) is 26.3 Å². The van der Waals surface area contributed by atoms with E-state index in [4.69, 9.17) is 9.57 Å². The van der Waals surface area contributed by atoms with E-state index in [0.717, 1.165) is 11.3 Å². The molecule has 7 heteroatoms. The molecule has 1 fully saturated rings. The zero-order valence-electron chi connectivity index (χ0n) is 14.2. The molecule has 0 radical (unpaired) electrons. The van der Waals surface area contributed by atoms with Crippen molar-refractivity contribution in [3.05, 3.63) is 29.8 Å². The monoisotopic (exact) mass is 333 g/mol. The van der Waals surface area contributed by atoms with Crippen LogP contribution in [0, 0.1) is 0 Å². The molecule has 0 bridgehead atoms. The number of morpholine rings is 1. The third-order valence-corrected chi connectivity index (χ3v) is 3.61. The van der Waals surface area contributed by atoms with Crippen molar-refractivity contribution in [1.82, 2.24) is 4.90 Å². The second-order valence-corrected chi connectivity index (χ2v) is 5.73. The predicted octanol–water partition coefficient (Wildman–Crippen LogP) is 1.63. The Morgan fingerprint density at radius 3 is 2.67 bits per heavy atom. The molecule has 2 rings (SSSR count). The third-order valence-electron chi connectivity index (χ3n) is 3.61. The summed E-state index contributed by atoms with van der Waals surface area (Å²) >= 11 is 0. The number of hydrogen-bond donors (Lipinski definition) is 1. The van der Waals surface area contributed by atoms with Crippen molar-refractivity contribution < 1.29 is 19.2 Å². The molecule has 0 spiro atoms. The van der Waals surface area contributed by atoms with Crippen molar-refractivity contribution in [2.75, 3.05) is 31.6 Å². The highest BCUT2D eigenvalue weighted by Crippen LogP contribution is 2.11. The molecule has 0 aromatic heterocycles. The Morgan fingerprint density at radius 1 is 1.33 bits per heavy atom. The summed E-state index contributed by atoms with van der Waals surface area (Å²) in [5, 5.41) is 6.69. The predicted molar refractivity (Wildman–Crippen MR) is 90.9 cm³/mol. The largest absolute Gasteiger partial charge is 0.385 e. The summed E-state index contributed by atoms with van der Waals surface area (Å²) in [5.74, 6) is -0.213. The first-order chi connectivity index (χ1) is 11.5. The second kappa shape index (κ2) is 8.44. The van der Waals surface area contributed by atoms with Gasteiger partial charge in [0.1, 0.15) is 0 Å². The van der Waals surface area contributed by atoms with Crippen LogP contribution in [-0.4, -0.2) is 54.8 Å². The van der Waals surface area contributed by atoms with E-state index in [-0.39, 0.29) is 24.5 Å². The van der Waals surface area contributed by atoms with Crippen molar-refractivity contribution in [2.45, 2.75) is 26.9 Å². The quantitative estimate of drug-likeness (QED) is 0.656. The summed E-state index contributed by atoms with van der Waals surface area (Å²) in [4.78, 5) is 29.9. The van der Waals surface area contributed by atoms with Crippen molar-refractivity contribution in [3.8, 4) is 0 Å². The van der Waals surface area contributed by atoms with Gasteiger partial charge < -0.3 is 19.8 Å². The molecule has 1 atom stereocenters. The number of nitrogens with zero attached hydrogens (tertiary/aromatic N) is 2. The van der Waals surface area contributed by atoms with E-state index >= 15 is 0 Å². The third kappa shape index (κ3) is 5.34. The number of nitrogens with one attached hydrogen (secondary N) is 1. The van der Waals surface area contributed by atoms with Gasteiger partial charge in [0.2, 0.25) is 5.91 Å². The molecule has 130 valence electrons. The molecular weight excluding hydrogens is 310 g/mol. The summed E-state index contributed by atoms with van der Waals surface area (Å²) in [6.45, 7) is 6.82. The lowest BCUT2D eigenvalue weighted by molar-refractivity contribution is -0.142. The van der Waals surface area contributed by atoms with Gasteiger partial charge in [0.15, 0.2) is 6.61 Å². The minimum absolute atomic E-state index is 0.0510. The minimum Gasteiger partial charge on any atom is -0.385 e. The van der Waals surface area contributed by atoms with E-state index in [1.807, 2.05) is 19.1 Å². The highest BCUT2D eigenvalue weighted by Gasteiger charge is 2.21. The van der Waals surface area contributed by atoms with E-state index in [9.17, 15) is 9.59 Å². The SMILES string of the molecule is CC(=O)Nc1ccc(C(C)=NOCC(=O)N2CCO[C@H](C)C2)cc1. The summed E-state index contributed by atoms with van der Waals surface area (Å²) < 4.78 is 5.40. The Balaban J connectivity index is 1.84. The van der Waals surface area contributed by atoms with Crippen LogP contribution in [0.3, 0.4) is 0 Å². The molecule has 0 unspecified atom stereocenters. The molecular formula is C17H23N3O4. The first-order valence-corrected chi connectivity index (χ1v) is 7.89. The standard InChI is InChI=1S/C17H23N3O4/c1-12-10-20(8-9-23-12)17(22)11-24-19-13(2)15-4-6-16(7-5-15)18-14(3)21/h4-7,12H,8-11H2,1-3H3,(H,18,21)/t12-/m1/s1. The molecule has 1 aromatic rings. The van der Waals surface area contributed by atoms with Crippen LogP contribution >= 0.6 is 0 Å². The maximum atomic E-state index is 12.0. The molecule has 1 heterocycles. The van der Waals surface area contributed by atoms with Crippen LogP contribution in [0.15, 0.2) is 29.4 Å². The maximum Gasteiger partial charge on any atom is 0.263 e. The molecule has 2 amide bonds. The molecule has 0 aliphatic carbocycles. The van der Waals surface area contributed by atoms with Gasteiger partial charge in [-0.2, -0.15) is 0 Å². The number of hydrogen-bond acceptors (Lipinski definition) is 5. The van der Waals surface area contributed by atoms with E-state index in [1.165, 1.54) is 6.92 Å². The lowest BCUT2D eigenvalue weighted by Gasteiger charge is -2.30. The van der Waals surface area contributed by atoms with Gasteiger partial charge in [-0.1, -0.05) is 17.3 Å². The number of benzene rings is 1. The van der Waals surface area contributed by atoms with E-state index in [2.05, 4.69) is 10.5 Å². The molecule has 1 N–H and O–H groups in total. The van der Waals surface area contributed by atoms with Crippen LogP contribution < -0.4 is 5.32 Å². The number of ether oxygens (including phenoxy) is 1. The van der Waals surface area contributed by atoms with Gasteiger partial charge in [0.25, 0.3) is 5.91 Å². The minimum atomic E-state index is -0.118. The van der Waals surface area contributed by atoms with Gasteiger partial charge in [-0.15, -0.1) is 0 Å². The highest BCUT2D eigenvalue weighted by molar-refractivity contribution is 5.99. The number of anilines is 1. The Bertz CT molecular complexity index is 613. The lowest BCUT2D eigenvalue weighted by Crippen LogP contribution is -2.45. The van der Waals surface area contributed by atoms with Crippen LogP contribution in [0.2, 0.25) is 0 Å². The zero-order chi connectivity index (χ0) is 17.5. The highest BCUT2D eigenvalue weighted by atomic mass is 16.6. The van der Waals surface area contributed by atoms with Gasteiger partial charge in [0, 0.05) is 25.7 Å². The topological polar surface area (TPSA) is 80.2 Å². The number of oxime groups is 1. The first kappa shape index (κ1) is 17.9. The van der Waals surface area contributed by atoms with Gasteiger partial charge in [0.05, 0.1) is 18.4 Å². The zero-order valence-corrected chi connectivity index (χ0v) is 14.2. The smallest absolute Gasteiger partial charge is 0.263 e. The molecule has 0 saturated carbocycles. The molecule has 1 saturated heterocycles. The average Bonchev–Trinajstić information content (AvgIpc) is 2.54. The number of rotatable bonds is 5. The van der Waals surface area contributed by atoms with Crippen molar-refractivity contribution in [3.63, 3.8) is 0 Å². The first-order valence-electron chi connectivity index (χ1n) is 7.89. The maximum absolute atomic E-state index is 12.0. The lowest BCUT2D eigenvalue weighted by atomic mass is 10.1. The van der Waals surface area contributed by atoms with E-state index in [1.54, 1.807) is 24.0 Å². The van der Waals surface area contributed by atoms with Gasteiger partial charge in [-0.3, -0.25) is 9.59 Å². The summed E-state index contributed by atoms with van der Waals surface area (Å²) in [5.41, 5.74) is 2.24. The molecule has 1 aliphatic heterocycles. The fourth-order valence-corrected chi connectivity index (χ4v) is 2.37. The normalized spacial score (nSPS) is 18.2. The average molecular weight is 333 g/mol. The number of amides is 2. The molecule has 7 nitrogen and oxygen atoms in total. The Morgan fingerprint density at radius 2 is 2.04 bits per heavy atom. The van der Waals surface area contributed by atoms with Crippen LogP contribution in [0.5, 0.6) is 0 Å². The van der Waals surface area contributed by atoms with Gasteiger partial charge in [-0.05, 0) is 31.5 Å². The number of carbonyl (C=O) groups is 2.